The summed E-state index contributed by atoms with van der Waals surface area (Å²) in [5.41, 5.74) is -1.32. The lowest BCUT2D eigenvalue weighted by molar-refractivity contribution is -0.115. The van der Waals surface area contributed by atoms with Crippen LogP contribution in [0.15, 0.2) is 0 Å². The van der Waals surface area contributed by atoms with E-state index in [0.717, 1.165) is 0 Å². The Kier molecular flexibility index (Phi) is 4.70. The lowest BCUT2D eigenvalue weighted by Gasteiger charge is -2.30. The van der Waals surface area contributed by atoms with Crippen molar-refractivity contribution in [2.45, 2.75) is 44.5 Å². The van der Waals surface area contributed by atoms with Gasteiger partial charge in [0.15, 0.2) is 0 Å². The molecule has 0 aromatic rings. The third-order valence-corrected chi connectivity index (χ3v) is 1.94. The SMILES string of the molecule is CC(O)C(O)C(C)(O)CCCO. The van der Waals surface area contributed by atoms with Crippen LogP contribution in [0.1, 0.15) is 26.7 Å². The van der Waals surface area contributed by atoms with E-state index in [4.69, 9.17) is 10.2 Å². The monoisotopic (exact) mass is 178 g/mol. The Morgan fingerprint density at radius 2 is 1.83 bits per heavy atom. The molecule has 0 rings (SSSR count). The van der Waals surface area contributed by atoms with Crippen LogP contribution >= 0.6 is 0 Å². The molecule has 0 bridgehead atoms. The van der Waals surface area contributed by atoms with Crippen molar-refractivity contribution < 1.29 is 20.4 Å². The molecule has 0 fully saturated rings. The molecule has 4 N–H and O–H groups in total. The van der Waals surface area contributed by atoms with Crippen molar-refractivity contribution in [2.75, 3.05) is 6.61 Å². The average molecular weight is 178 g/mol. The molecular weight excluding hydrogens is 160 g/mol. The molecule has 3 atom stereocenters. The van der Waals surface area contributed by atoms with E-state index in [-0.39, 0.29) is 13.0 Å². The molecule has 0 aromatic heterocycles. The average Bonchev–Trinajstić information content (AvgIpc) is 1.99. The Bertz CT molecular complexity index is 122. The van der Waals surface area contributed by atoms with Gasteiger partial charge in [-0.3, -0.25) is 0 Å². The van der Waals surface area contributed by atoms with Crippen LogP contribution < -0.4 is 0 Å². The fourth-order valence-corrected chi connectivity index (χ4v) is 1.10. The van der Waals surface area contributed by atoms with Gasteiger partial charge in [-0.25, -0.2) is 0 Å². The van der Waals surface area contributed by atoms with Gasteiger partial charge < -0.3 is 20.4 Å². The molecule has 4 nitrogen and oxygen atoms in total. The van der Waals surface area contributed by atoms with E-state index in [2.05, 4.69) is 0 Å². The zero-order chi connectivity index (χ0) is 9.78. The van der Waals surface area contributed by atoms with Crippen LogP contribution in [-0.4, -0.2) is 44.8 Å². The highest BCUT2D eigenvalue weighted by atomic mass is 16.4. The van der Waals surface area contributed by atoms with Gasteiger partial charge >= 0.3 is 0 Å². The first-order chi connectivity index (χ1) is 5.41. The fourth-order valence-electron chi connectivity index (χ4n) is 1.10. The van der Waals surface area contributed by atoms with E-state index >= 15 is 0 Å². The Morgan fingerprint density at radius 3 is 2.17 bits per heavy atom. The van der Waals surface area contributed by atoms with Crippen LogP contribution in [-0.2, 0) is 0 Å². The van der Waals surface area contributed by atoms with Crippen molar-refractivity contribution in [2.24, 2.45) is 0 Å². The largest absolute Gasteiger partial charge is 0.396 e. The molecule has 0 aliphatic carbocycles. The molecule has 3 unspecified atom stereocenters. The van der Waals surface area contributed by atoms with Gasteiger partial charge in [-0.05, 0) is 26.7 Å². The summed E-state index contributed by atoms with van der Waals surface area (Å²) in [4.78, 5) is 0. The summed E-state index contributed by atoms with van der Waals surface area (Å²) >= 11 is 0. The zero-order valence-corrected chi connectivity index (χ0v) is 7.56. The lowest BCUT2D eigenvalue weighted by atomic mass is 9.91. The summed E-state index contributed by atoms with van der Waals surface area (Å²) in [6.07, 6.45) is -1.44. The topological polar surface area (TPSA) is 80.9 Å². The minimum absolute atomic E-state index is 0.0251. The maximum absolute atomic E-state index is 9.56. The van der Waals surface area contributed by atoms with Gasteiger partial charge in [0.1, 0.15) is 6.10 Å². The van der Waals surface area contributed by atoms with Gasteiger partial charge in [-0.15, -0.1) is 0 Å². The number of aliphatic hydroxyl groups is 4. The second-order valence-electron chi connectivity index (χ2n) is 3.37. The number of aliphatic hydroxyl groups excluding tert-OH is 3. The summed E-state index contributed by atoms with van der Waals surface area (Å²) in [5.74, 6) is 0. The molecule has 0 radical (unpaired) electrons. The Hall–Kier alpha value is -0.160. The number of hydrogen-bond donors (Lipinski definition) is 4. The van der Waals surface area contributed by atoms with E-state index in [1.807, 2.05) is 0 Å². The first-order valence-electron chi connectivity index (χ1n) is 4.11. The van der Waals surface area contributed by atoms with Crippen LogP contribution in [0.4, 0.5) is 0 Å². The van der Waals surface area contributed by atoms with E-state index in [1.165, 1.54) is 13.8 Å². The number of hydrogen-bond acceptors (Lipinski definition) is 4. The molecule has 0 saturated carbocycles. The van der Waals surface area contributed by atoms with Gasteiger partial charge in [0, 0.05) is 6.61 Å². The van der Waals surface area contributed by atoms with E-state index in [9.17, 15) is 10.2 Å². The van der Waals surface area contributed by atoms with Gasteiger partial charge in [0.2, 0.25) is 0 Å². The molecule has 0 saturated heterocycles. The quantitative estimate of drug-likeness (QED) is 0.446. The summed E-state index contributed by atoms with van der Waals surface area (Å²) in [5, 5.41) is 36.3. The van der Waals surface area contributed by atoms with Crippen LogP contribution in [0.5, 0.6) is 0 Å². The third kappa shape index (κ3) is 3.49. The Morgan fingerprint density at radius 1 is 1.33 bits per heavy atom. The maximum atomic E-state index is 9.56. The van der Waals surface area contributed by atoms with Crippen molar-refractivity contribution in [1.82, 2.24) is 0 Å². The molecule has 0 aromatic carbocycles. The van der Waals surface area contributed by atoms with E-state index in [0.29, 0.717) is 6.42 Å². The van der Waals surface area contributed by atoms with Crippen molar-refractivity contribution in [3.8, 4) is 0 Å². The van der Waals surface area contributed by atoms with Crippen molar-refractivity contribution in [1.29, 1.82) is 0 Å². The Labute approximate surface area is 72.5 Å². The van der Waals surface area contributed by atoms with Crippen molar-refractivity contribution in [3.63, 3.8) is 0 Å². The van der Waals surface area contributed by atoms with Gasteiger partial charge in [-0.1, -0.05) is 0 Å². The molecule has 0 aliphatic heterocycles. The summed E-state index contributed by atoms with van der Waals surface area (Å²) in [6.45, 7) is 2.83. The van der Waals surface area contributed by atoms with Crippen LogP contribution in [0, 0.1) is 0 Å². The van der Waals surface area contributed by atoms with Crippen LogP contribution in [0.25, 0.3) is 0 Å². The standard InChI is InChI=1S/C8H18O4/c1-6(10)7(11)8(2,12)4-3-5-9/h6-7,9-12H,3-5H2,1-2H3. The van der Waals surface area contributed by atoms with Gasteiger partial charge in [0.05, 0.1) is 11.7 Å². The summed E-state index contributed by atoms with van der Waals surface area (Å²) in [7, 11) is 0. The van der Waals surface area contributed by atoms with Gasteiger partial charge in [-0.2, -0.15) is 0 Å². The lowest BCUT2D eigenvalue weighted by Crippen LogP contribution is -2.45. The van der Waals surface area contributed by atoms with Gasteiger partial charge in [0.25, 0.3) is 0 Å². The number of rotatable bonds is 5. The van der Waals surface area contributed by atoms with E-state index in [1.54, 1.807) is 0 Å². The smallest absolute Gasteiger partial charge is 0.108 e. The predicted molar refractivity (Wildman–Crippen MR) is 44.6 cm³/mol. The zero-order valence-electron chi connectivity index (χ0n) is 7.56. The molecule has 0 amide bonds. The summed E-state index contributed by atoms with van der Waals surface area (Å²) < 4.78 is 0. The molecule has 4 heteroatoms. The molecule has 0 aliphatic rings. The highest BCUT2D eigenvalue weighted by Crippen LogP contribution is 2.19. The third-order valence-electron chi connectivity index (χ3n) is 1.94. The molecule has 12 heavy (non-hydrogen) atoms. The highest BCUT2D eigenvalue weighted by Gasteiger charge is 2.32. The minimum atomic E-state index is -1.32. The first-order valence-corrected chi connectivity index (χ1v) is 4.11. The van der Waals surface area contributed by atoms with Crippen LogP contribution in [0.3, 0.4) is 0 Å². The molecule has 0 heterocycles. The van der Waals surface area contributed by atoms with E-state index < -0.39 is 17.8 Å². The van der Waals surface area contributed by atoms with Crippen molar-refractivity contribution in [3.05, 3.63) is 0 Å². The fraction of sp³-hybridized carbons (Fsp3) is 1.00. The second kappa shape index (κ2) is 4.77. The molecule has 0 spiro atoms. The molecular formula is C8H18O4. The second-order valence-corrected chi connectivity index (χ2v) is 3.37. The summed E-state index contributed by atoms with van der Waals surface area (Å²) in [6, 6.07) is 0. The highest BCUT2D eigenvalue weighted by molar-refractivity contribution is 4.84. The maximum Gasteiger partial charge on any atom is 0.108 e. The normalized spacial score (nSPS) is 21.5. The van der Waals surface area contributed by atoms with Crippen LogP contribution in [0.2, 0.25) is 0 Å². The predicted octanol–water partition coefficient (Wildman–Crippen LogP) is -0.748. The van der Waals surface area contributed by atoms with Crippen molar-refractivity contribution >= 4 is 0 Å². The minimum Gasteiger partial charge on any atom is -0.396 e. The molecule has 74 valence electrons. The first kappa shape index (κ1) is 11.8. The Balaban J connectivity index is 3.99.